The summed E-state index contributed by atoms with van der Waals surface area (Å²) in [6.45, 7) is 0.335. The van der Waals surface area contributed by atoms with Gasteiger partial charge in [-0.1, -0.05) is 30.3 Å². The first kappa shape index (κ1) is 13.9. The standard InChI is InChI=1S/C16H13NO5/c18-15(19)13-8-12(16-20-6-7-21-16)14(9-17-13)22-10-11-4-2-1-3-5-11/h1-9,16H,10H2,(H,18,19). The molecule has 0 bridgehead atoms. The van der Waals surface area contributed by atoms with Gasteiger partial charge < -0.3 is 19.3 Å². The third-order valence-corrected chi connectivity index (χ3v) is 3.07. The van der Waals surface area contributed by atoms with Crippen LogP contribution < -0.4 is 4.74 Å². The Bertz CT molecular complexity index is 691. The van der Waals surface area contributed by atoms with Crippen LogP contribution in [0.25, 0.3) is 0 Å². The molecule has 0 fully saturated rings. The second-order valence-corrected chi connectivity index (χ2v) is 4.56. The molecular weight excluding hydrogens is 286 g/mol. The molecule has 0 spiro atoms. The van der Waals surface area contributed by atoms with Gasteiger partial charge in [0.2, 0.25) is 0 Å². The summed E-state index contributed by atoms with van der Waals surface area (Å²) in [4.78, 5) is 14.9. The van der Waals surface area contributed by atoms with Crippen LogP contribution in [0.2, 0.25) is 0 Å². The molecule has 3 rings (SSSR count). The Morgan fingerprint density at radius 2 is 1.95 bits per heavy atom. The molecule has 112 valence electrons. The van der Waals surface area contributed by atoms with Gasteiger partial charge in [0.15, 0.2) is 0 Å². The van der Waals surface area contributed by atoms with Crippen LogP contribution in [-0.2, 0) is 16.1 Å². The van der Waals surface area contributed by atoms with Crippen molar-refractivity contribution in [2.24, 2.45) is 0 Å². The van der Waals surface area contributed by atoms with Crippen molar-refractivity contribution in [2.45, 2.75) is 12.9 Å². The second-order valence-electron chi connectivity index (χ2n) is 4.56. The van der Waals surface area contributed by atoms with Crippen molar-refractivity contribution >= 4 is 5.97 Å². The van der Waals surface area contributed by atoms with E-state index >= 15 is 0 Å². The summed E-state index contributed by atoms with van der Waals surface area (Å²) >= 11 is 0. The summed E-state index contributed by atoms with van der Waals surface area (Å²) < 4.78 is 16.3. The number of nitrogens with zero attached hydrogens (tertiary/aromatic N) is 1. The highest BCUT2D eigenvalue weighted by Gasteiger charge is 2.23. The van der Waals surface area contributed by atoms with Gasteiger partial charge in [-0.2, -0.15) is 0 Å². The first-order valence-electron chi connectivity index (χ1n) is 6.60. The minimum atomic E-state index is -1.12. The summed E-state index contributed by atoms with van der Waals surface area (Å²) in [6, 6.07) is 11.0. The lowest BCUT2D eigenvalue weighted by Gasteiger charge is -2.16. The highest BCUT2D eigenvalue weighted by molar-refractivity contribution is 5.85. The number of aromatic nitrogens is 1. The molecule has 6 heteroatoms. The molecule has 1 aliphatic rings. The van der Waals surface area contributed by atoms with Crippen molar-refractivity contribution in [2.75, 3.05) is 0 Å². The third kappa shape index (κ3) is 3.01. The number of hydrogen-bond donors (Lipinski definition) is 1. The van der Waals surface area contributed by atoms with Gasteiger partial charge in [-0.3, -0.25) is 0 Å². The van der Waals surface area contributed by atoms with Crippen molar-refractivity contribution in [1.29, 1.82) is 0 Å². The number of hydrogen-bond acceptors (Lipinski definition) is 5. The molecular formula is C16H13NO5. The summed E-state index contributed by atoms with van der Waals surface area (Å²) in [6.07, 6.45) is 3.43. The van der Waals surface area contributed by atoms with E-state index in [4.69, 9.17) is 19.3 Å². The Morgan fingerprint density at radius 3 is 2.64 bits per heavy atom. The summed E-state index contributed by atoms with van der Waals surface area (Å²) in [5, 5.41) is 9.05. The molecule has 2 aromatic rings. The fraction of sp³-hybridized carbons (Fsp3) is 0.125. The smallest absolute Gasteiger partial charge is 0.354 e. The zero-order valence-corrected chi connectivity index (χ0v) is 11.5. The van der Waals surface area contributed by atoms with E-state index in [1.54, 1.807) is 0 Å². The second kappa shape index (κ2) is 6.17. The number of pyridine rings is 1. The van der Waals surface area contributed by atoms with Gasteiger partial charge in [0.25, 0.3) is 6.29 Å². The summed E-state index contributed by atoms with van der Waals surface area (Å²) in [5.41, 5.74) is 1.37. The molecule has 2 heterocycles. The van der Waals surface area contributed by atoms with E-state index in [-0.39, 0.29) is 5.69 Å². The Morgan fingerprint density at radius 1 is 1.23 bits per heavy atom. The number of rotatable bonds is 5. The SMILES string of the molecule is O=C(O)c1cc(C2OC=CO2)c(OCc2ccccc2)cn1. The molecule has 22 heavy (non-hydrogen) atoms. The van der Waals surface area contributed by atoms with Crippen LogP contribution in [0.15, 0.2) is 55.1 Å². The highest BCUT2D eigenvalue weighted by Crippen LogP contribution is 2.32. The summed E-state index contributed by atoms with van der Waals surface area (Å²) in [7, 11) is 0. The lowest BCUT2D eigenvalue weighted by Crippen LogP contribution is -2.08. The van der Waals surface area contributed by atoms with E-state index in [1.807, 2.05) is 30.3 Å². The Kier molecular flexibility index (Phi) is 3.91. The van der Waals surface area contributed by atoms with Crippen molar-refractivity contribution in [3.05, 3.63) is 71.9 Å². The maximum Gasteiger partial charge on any atom is 0.354 e. The zero-order valence-electron chi connectivity index (χ0n) is 11.5. The topological polar surface area (TPSA) is 77.9 Å². The van der Waals surface area contributed by atoms with Crippen LogP contribution in [0, 0.1) is 0 Å². The van der Waals surface area contributed by atoms with Crippen LogP contribution in [0.4, 0.5) is 0 Å². The maximum absolute atomic E-state index is 11.1. The first-order valence-corrected chi connectivity index (χ1v) is 6.60. The van der Waals surface area contributed by atoms with Crippen LogP contribution in [-0.4, -0.2) is 16.1 Å². The lowest BCUT2D eigenvalue weighted by atomic mass is 10.2. The molecule has 1 aromatic heterocycles. The van der Waals surface area contributed by atoms with Crippen molar-refractivity contribution in [3.63, 3.8) is 0 Å². The molecule has 0 aliphatic carbocycles. The molecule has 6 nitrogen and oxygen atoms in total. The molecule has 1 aromatic carbocycles. The monoisotopic (exact) mass is 299 g/mol. The predicted molar refractivity (Wildman–Crippen MR) is 76.0 cm³/mol. The van der Waals surface area contributed by atoms with Gasteiger partial charge in [-0.15, -0.1) is 0 Å². The van der Waals surface area contributed by atoms with Crippen LogP contribution in [0.5, 0.6) is 5.75 Å². The molecule has 1 aliphatic heterocycles. The molecule has 0 unspecified atom stereocenters. The number of carboxylic acids is 1. The molecule has 0 saturated heterocycles. The normalized spacial score (nSPS) is 13.5. The average molecular weight is 299 g/mol. The fourth-order valence-electron chi connectivity index (χ4n) is 2.00. The van der Waals surface area contributed by atoms with Crippen molar-refractivity contribution < 1.29 is 24.1 Å². The lowest BCUT2D eigenvalue weighted by molar-refractivity contribution is -0.0267. The van der Waals surface area contributed by atoms with E-state index in [2.05, 4.69) is 4.98 Å². The Labute approximate surface area is 126 Å². The van der Waals surface area contributed by atoms with E-state index in [0.29, 0.717) is 17.9 Å². The number of carboxylic acid groups (broad SMARTS) is 1. The minimum absolute atomic E-state index is 0.0961. The van der Waals surface area contributed by atoms with Gasteiger partial charge >= 0.3 is 5.97 Å². The van der Waals surface area contributed by atoms with Crippen molar-refractivity contribution in [3.8, 4) is 5.75 Å². The molecule has 0 amide bonds. The van der Waals surface area contributed by atoms with Gasteiger partial charge in [-0.05, 0) is 11.6 Å². The zero-order chi connectivity index (χ0) is 15.4. The Hall–Kier alpha value is -3.02. The van der Waals surface area contributed by atoms with E-state index in [1.165, 1.54) is 24.8 Å². The third-order valence-electron chi connectivity index (χ3n) is 3.07. The van der Waals surface area contributed by atoms with E-state index in [0.717, 1.165) is 5.56 Å². The molecule has 0 saturated carbocycles. The van der Waals surface area contributed by atoms with Gasteiger partial charge in [-0.25, -0.2) is 9.78 Å². The van der Waals surface area contributed by atoms with Gasteiger partial charge in [0.05, 0.1) is 11.8 Å². The van der Waals surface area contributed by atoms with Crippen molar-refractivity contribution in [1.82, 2.24) is 4.98 Å². The number of benzene rings is 1. The van der Waals surface area contributed by atoms with Crippen LogP contribution in [0.3, 0.4) is 0 Å². The van der Waals surface area contributed by atoms with E-state index < -0.39 is 12.3 Å². The fourth-order valence-corrected chi connectivity index (χ4v) is 2.00. The predicted octanol–water partition coefficient (Wildman–Crippen LogP) is 2.88. The average Bonchev–Trinajstić information content (AvgIpc) is 3.08. The minimum Gasteiger partial charge on any atom is -0.487 e. The maximum atomic E-state index is 11.1. The highest BCUT2D eigenvalue weighted by atomic mass is 16.7. The molecule has 0 atom stereocenters. The van der Waals surface area contributed by atoms with E-state index in [9.17, 15) is 4.79 Å². The van der Waals surface area contributed by atoms with Gasteiger partial charge in [0.1, 0.15) is 30.6 Å². The van der Waals surface area contributed by atoms with Crippen LogP contribution >= 0.6 is 0 Å². The quantitative estimate of drug-likeness (QED) is 0.914. The first-order chi connectivity index (χ1) is 10.7. The number of carbonyl (C=O) groups is 1. The number of ether oxygens (including phenoxy) is 3. The number of aromatic carboxylic acids is 1. The van der Waals surface area contributed by atoms with Crippen LogP contribution in [0.1, 0.15) is 27.9 Å². The largest absolute Gasteiger partial charge is 0.487 e. The molecule has 0 radical (unpaired) electrons. The summed E-state index contributed by atoms with van der Waals surface area (Å²) in [5.74, 6) is -0.704. The Balaban J connectivity index is 1.84. The molecule has 1 N–H and O–H groups in total. The van der Waals surface area contributed by atoms with Gasteiger partial charge in [0, 0.05) is 0 Å².